The maximum atomic E-state index is 10.3. The van der Waals surface area contributed by atoms with Crippen molar-refractivity contribution in [1.29, 1.82) is 0 Å². The van der Waals surface area contributed by atoms with E-state index in [0.29, 0.717) is 6.42 Å². The van der Waals surface area contributed by atoms with Gasteiger partial charge in [-0.05, 0) is 12.1 Å². The van der Waals surface area contributed by atoms with Gasteiger partial charge < -0.3 is 4.79 Å². The van der Waals surface area contributed by atoms with Gasteiger partial charge in [-0.25, -0.2) is 4.98 Å². The van der Waals surface area contributed by atoms with Crippen molar-refractivity contribution in [3.8, 4) is 10.6 Å². The number of aldehydes is 1. The molecule has 0 atom stereocenters. The molecule has 0 saturated heterocycles. The molecule has 0 amide bonds. The largest absolute Gasteiger partial charge is 0.303 e. The number of pyridine rings is 1. The van der Waals surface area contributed by atoms with Crippen LogP contribution in [0.25, 0.3) is 10.6 Å². The van der Waals surface area contributed by atoms with Crippen LogP contribution in [0.1, 0.15) is 4.88 Å². The minimum atomic E-state index is 0.442. The molecular weight excluding hydrogens is 196 g/mol. The summed E-state index contributed by atoms with van der Waals surface area (Å²) in [6.07, 6.45) is 6.56. The van der Waals surface area contributed by atoms with Gasteiger partial charge in [0.2, 0.25) is 0 Å². The molecule has 2 heterocycles. The average Bonchev–Trinajstić information content (AvgIpc) is 2.68. The second-order valence-electron chi connectivity index (χ2n) is 2.74. The quantitative estimate of drug-likeness (QED) is 0.718. The molecule has 0 saturated carbocycles. The molecule has 0 unspecified atom stereocenters. The Labute approximate surface area is 85.5 Å². The maximum Gasteiger partial charge on any atom is 0.125 e. The predicted octanol–water partition coefficient (Wildman–Crippen LogP) is 1.95. The molecule has 0 spiro atoms. The number of hydrogen-bond acceptors (Lipinski definition) is 4. The first-order chi connectivity index (χ1) is 6.90. The maximum absolute atomic E-state index is 10.3. The van der Waals surface area contributed by atoms with Crippen LogP contribution in [0.3, 0.4) is 0 Å². The topological polar surface area (TPSA) is 42.9 Å². The lowest BCUT2D eigenvalue weighted by Gasteiger charge is -1.91. The van der Waals surface area contributed by atoms with Crippen LogP contribution < -0.4 is 0 Å². The zero-order chi connectivity index (χ0) is 9.80. The third-order valence-corrected chi connectivity index (χ3v) is 2.82. The average molecular weight is 204 g/mol. The molecule has 0 aliphatic carbocycles. The summed E-state index contributed by atoms with van der Waals surface area (Å²) in [5, 5.41) is 0.912. The molecule has 2 aromatic rings. The Hall–Kier alpha value is -1.55. The summed E-state index contributed by atoms with van der Waals surface area (Å²) in [5.74, 6) is 0. The van der Waals surface area contributed by atoms with Crippen LogP contribution in [0.15, 0.2) is 30.7 Å². The molecule has 14 heavy (non-hydrogen) atoms. The Morgan fingerprint density at radius 2 is 2.36 bits per heavy atom. The highest BCUT2D eigenvalue weighted by atomic mass is 32.1. The minimum Gasteiger partial charge on any atom is -0.303 e. The van der Waals surface area contributed by atoms with E-state index in [-0.39, 0.29) is 0 Å². The van der Waals surface area contributed by atoms with Gasteiger partial charge in [0.15, 0.2) is 0 Å². The lowest BCUT2D eigenvalue weighted by molar-refractivity contribution is -0.107. The van der Waals surface area contributed by atoms with Crippen LogP contribution in [-0.4, -0.2) is 16.3 Å². The highest BCUT2D eigenvalue weighted by Gasteiger charge is 2.03. The second-order valence-corrected chi connectivity index (χ2v) is 3.86. The van der Waals surface area contributed by atoms with Crippen LogP contribution in [0.2, 0.25) is 0 Å². The normalized spacial score (nSPS) is 10.0. The van der Waals surface area contributed by atoms with Crippen molar-refractivity contribution in [1.82, 2.24) is 9.97 Å². The zero-order valence-electron chi connectivity index (χ0n) is 7.38. The lowest BCUT2D eigenvalue weighted by Crippen LogP contribution is -1.76. The van der Waals surface area contributed by atoms with Crippen LogP contribution in [0, 0.1) is 0 Å². The molecular formula is C10H8N2OS. The number of carbonyl (C=O) groups is 1. The van der Waals surface area contributed by atoms with Gasteiger partial charge in [0.25, 0.3) is 0 Å². The van der Waals surface area contributed by atoms with Gasteiger partial charge >= 0.3 is 0 Å². The lowest BCUT2D eigenvalue weighted by atomic mass is 10.3. The predicted molar refractivity (Wildman–Crippen MR) is 55.1 cm³/mol. The summed E-state index contributed by atoms with van der Waals surface area (Å²) in [5.41, 5.74) is 0.995. The van der Waals surface area contributed by atoms with Crippen molar-refractivity contribution in [2.75, 3.05) is 0 Å². The van der Waals surface area contributed by atoms with E-state index in [2.05, 4.69) is 9.97 Å². The molecule has 4 heteroatoms. The third kappa shape index (κ3) is 1.85. The second kappa shape index (κ2) is 4.11. The van der Waals surface area contributed by atoms with E-state index in [4.69, 9.17) is 0 Å². The van der Waals surface area contributed by atoms with Gasteiger partial charge in [-0.15, -0.1) is 11.3 Å². The number of aromatic nitrogens is 2. The summed E-state index contributed by atoms with van der Waals surface area (Å²) in [6, 6.07) is 3.83. The first-order valence-electron chi connectivity index (χ1n) is 4.19. The summed E-state index contributed by atoms with van der Waals surface area (Å²) in [4.78, 5) is 19.5. The zero-order valence-corrected chi connectivity index (χ0v) is 8.20. The molecule has 0 fully saturated rings. The molecule has 0 aliphatic heterocycles. The van der Waals surface area contributed by atoms with E-state index < -0.39 is 0 Å². The van der Waals surface area contributed by atoms with Crippen LogP contribution in [-0.2, 0) is 11.2 Å². The third-order valence-electron chi connectivity index (χ3n) is 1.75. The standard InChI is InChI=1S/C10H8N2OS/c13-5-3-9-7-12-10(14-9)8-2-1-4-11-6-8/h1-2,4-7H,3H2. The fourth-order valence-corrected chi connectivity index (χ4v) is 1.96. The van der Waals surface area contributed by atoms with Crippen molar-refractivity contribution in [3.63, 3.8) is 0 Å². The van der Waals surface area contributed by atoms with Gasteiger partial charge in [0, 0.05) is 35.5 Å². The molecule has 2 rings (SSSR count). The molecule has 2 aromatic heterocycles. The van der Waals surface area contributed by atoms with E-state index in [1.807, 2.05) is 12.1 Å². The molecule has 0 radical (unpaired) electrons. The van der Waals surface area contributed by atoms with E-state index >= 15 is 0 Å². The van der Waals surface area contributed by atoms with Gasteiger partial charge in [0.05, 0.1) is 0 Å². The van der Waals surface area contributed by atoms with Crippen molar-refractivity contribution >= 4 is 17.6 Å². The Balaban J connectivity index is 2.29. The number of rotatable bonds is 3. The van der Waals surface area contributed by atoms with Crippen molar-refractivity contribution in [2.45, 2.75) is 6.42 Å². The molecule has 0 bridgehead atoms. The monoisotopic (exact) mass is 204 g/mol. The Bertz CT molecular complexity index is 425. The summed E-state index contributed by atoms with van der Waals surface area (Å²) < 4.78 is 0. The molecule has 0 N–H and O–H groups in total. The van der Waals surface area contributed by atoms with Crippen molar-refractivity contribution in [2.24, 2.45) is 0 Å². The Morgan fingerprint density at radius 1 is 1.43 bits per heavy atom. The van der Waals surface area contributed by atoms with E-state index in [9.17, 15) is 4.79 Å². The van der Waals surface area contributed by atoms with Gasteiger partial charge in [0.1, 0.15) is 11.3 Å². The summed E-state index contributed by atoms with van der Waals surface area (Å²) in [6.45, 7) is 0. The molecule has 0 aliphatic rings. The first kappa shape index (κ1) is 9.02. The number of thiazole rings is 1. The van der Waals surface area contributed by atoms with Crippen molar-refractivity contribution < 1.29 is 4.79 Å². The fraction of sp³-hybridized carbons (Fsp3) is 0.100. The van der Waals surface area contributed by atoms with Crippen LogP contribution in [0.4, 0.5) is 0 Å². The number of nitrogens with zero attached hydrogens (tertiary/aromatic N) is 2. The van der Waals surface area contributed by atoms with Gasteiger partial charge in [-0.2, -0.15) is 0 Å². The van der Waals surface area contributed by atoms with Crippen molar-refractivity contribution in [3.05, 3.63) is 35.6 Å². The number of hydrogen-bond donors (Lipinski definition) is 0. The number of carbonyl (C=O) groups excluding carboxylic acids is 1. The minimum absolute atomic E-state index is 0.442. The van der Waals surface area contributed by atoms with Gasteiger partial charge in [-0.1, -0.05) is 0 Å². The fourth-order valence-electron chi connectivity index (χ4n) is 1.11. The first-order valence-corrected chi connectivity index (χ1v) is 5.00. The summed E-state index contributed by atoms with van der Waals surface area (Å²) in [7, 11) is 0. The van der Waals surface area contributed by atoms with E-state index in [1.165, 1.54) is 11.3 Å². The smallest absolute Gasteiger partial charge is 0.125 e. The molecule has 0 aromatic carbocycles. The highest BCUT2D eigenvalue weighted by molar-refractivity contribution is 7.15. The van der Waals surface area contributed by atoms with Gasteiger partial charge in [-0.3, -0.25) is 4.98 Å². The van der Waals surface area contributed by atoms with Crippen LogP contribution >= 0.6 is 11.3 Å². The summed E-state index contributed by atoms with van der Waals surface area (Å²) >= 11 is 1.53. The molecule has 70 valence electrons. The molecule has 3 nitrogen and oxygen atoms in total. The highest BCUT2D eigenvalue weighted by Crippen LogP contribution is 2.23. The SMILES string of the molecule is O=CCc1cnc(-c2cccnc2)s1. The Morgan fingerprint density at radius 3 is 3.07 bits per heavy atom. The Kier molecular flexibility index (Phi) is 2.65. The van der Waals surface area contributed by atoms with E-state index in [0.717, 1.165) is 21.7 Å². The van der Waals surface area contributed by atoms with Crippen LogP contribution in [0.5, 0.6) is 0 Å². The van der Waals surface area contributed by atoms with E-state index in [1.54, 1.807) is 18.6 Å².